The molecule has 86 heavy (non-hydrogen) atoms. The van der Waals surface area contributed by atoms with E-state index in [2.05, 4.69) is 43.5 Å². The number of amides is 1. The van der Waals surface area contributed by atoms with Crippen molar-refractivity contribution in [3.8, 4) is 0 Å². The molecule has 0 aromatic rings. The third-order valence-corrected chi connectivity index (χ3v) is 18.4. The van der Waals surface area contributed by atoms with Gasteiger partial charge in [0.2, 0.25) is 5.91 Å². The summed E-state index contributed by atoms with van der Waals surface area (Å²) in [5.41, 5.74) is 0. The van der Waals surface area contributed by atoms with Crippen molar-refractivity contribution in [2.45, 2.75) is 450 Å². The van der Waals surface area contributed by atoms with Gasteiger partial charge in [-0.15, -0.1) is 0 Å². The van der Waals surface area contributed by atoms with Crippen molar-refractivity contribution < 1.29 is 24.5 Å². The van der Waals surface area contributed by atoms with E-state index in [0.29, 0.717) is 19.4 Å². The maximum atomic E-state index is 12.5. The minimum Gasteiger partial charge on any atom is -0.466 e. The standard InChI is InChI=1S/C80H153NO5/c1-3-5-7-9-11-13-15-17-19-21-40-44-48-52-56-60-64-68-72-78(83)77(76-82)81-79(84)73-69-65-61-57-53-49-45-41-38-36-34-32-30-28-26-24-23-25-27-29-31-33-35-37-39-43-47-51-55-59-63-67-71-75-86-80(85)74-70-66-62-58-54-50-46-42-22-20-18-16-14-12-10-8-6-4-2/h27,29,33,35,68,72,77-78,82-83H,3-26,28,30-32,34,36-67,69-71,73-76H2,1-2H3,(H,81,84)/b29-27-,35-33-,72-68+. The van der Waals surface area contributed by atoms with Crippen molar-refractivity contribution in [3.05, 3.63) is 36.5 Å². The molecule has 0 aliphatic rings. The summed E-state index contributed by atoms with van der Waals surface area (Å²) in [6.45, 7) is 4.95. The molecule has 6 nitrogen and oxygen atoms in total. The smallest absolute Gasteiger partial charge is 0.305 e. The first-order valence-corrected chi connectivity index (χ1v) is 39.3. The average Bonchev–Trinajstić information content (AvgIpc) is 3.54. The summed E-state index contributed by atoms with van der Waals surface area (Å²) in [7, 11) is 0. The first-order chi connectivity index (χ1) is 42.5. The Kier molecular flexibility index (Phi) is 73.9. The molecule has 508 valence electrons. The Balaban J connectivity index is 3.38. The largest absolute Gasteiger partial charge is 0.466 e. The number of carbonyl (C=O) groups excluding carboxylic acids is 2. The molecule has 0 aromatic heterocycles. The highest BCUT2D eigenvalue weighted by molar-refractivity contribution is 5.76. The fourth-order valence-electron chi connectivity index (χ4n) is 12.4. The average molecular weight is 1210 g/mol. The molecule has 0 heterocycles. The van der Waals surface area contributed by atoms with Crippen molar-refractivity contribution in [1.82, 2.24) is 5.32 Å². The van der Waals surface area contributed by atoms with E-state index >= 15 is 0 Å². The van der Waals surface area contributed by atoms with Crippen LogP contribution in [0.25, 0.3) is 0 Å². The summed E-state index contributed by atoms with van der Waals surface area (Å²) < 4.78 is 5.51. The van der Waals surface area contributed by atoms with E-state index in [0.717, 1.165) is 44.9 Å². The van der Waals surface area contributed by atoms with Gasteiger partial charge in [-0.3, -0.25) is 9.59 Å². The number of ether oxygens (including phenoxy) is 1. The minimum absolute atomic E-state index is 0.0191. The monoisotopic (exact) mass is 1210 g/mol. The van der Waals surface area contributed by atoms with Crippen LogP contribution in [0.1, 0.15) is 438 Å². The maximum Gasteiger partial charge on any atom is 0.305 e. The first kappa shape index (κ1) is 84.1. The third-order valence-electron chi connectivity index (χ3n) is 18.4. The van der Waals surface area contributed by atoms with E-state index in [9.17, 15) is 19.8 Å². The molecule has 2 atom stereocenters. The van der Waals surface area contributed by atoms with Gasteiger partial charge in [0.25, 0.3) is 0 Å². The molecule has 6 heteroatoms. The van der Waals surface area contributed by atoms with Crippen molar-refractivity contribution in [2.75, 3.05) is 13.2 Å². The Bertz CT molecular complexity index is 1390. The third kappa shape index (κ3) is 71.2. The van der Waals surface area contributed by atoms with Gasteiger partial charge in [0.05, 0.1) is 25.4 Å². The number of aliphatic hydroxyl groups is 2. The SMILES string of the molecule is CCCCCCCCCCCCCCCCCC/C=C/C(O)C(CO)NC(=O)CCCCCCCCCCCCCCCCCCC/C=C\C/C=C\CCCCCCCCCCCOC(=O)CCCCCCCCCCCCCCCCCCCC. The fraction of sp³-hybridized carbons (Fsp3) is 0.900. The Morgan fingerprint density at radius 1 is 0.326 bits per heavy atom. The number of rotatable bonds is 74. The quantitative estimate of drug-likeness (QED) is 0.0320. The molecule has 0 fully saturated rings. The molecule has 0 rings (SSSR count). The molecule has 0 spiro atoms. The normalized spacial score (nSPS) is 12.7. The van der Waals surface area contributed by atoms with Crippen molar-refractivity contribution >= 4 is 11.9 Å². The van der Waals surface area contributed by atoms with Crippen LogP contribution in [0.5, 0.6) is 0 Å². The number of unbranched alkanes of at least 4 members (excludes halogenated alkanes) is 59. The summed E-state index contributed by atoms with van der Waals surface area (Å²) in [4.78, 5) is 24.6. The number of hydrogen-bond acceptors (Lipinski definition) is 5. The summed E-state index contributed by atoms with van der Waals surface area (Å²) in [6, 6.07) is -0.627. The van der Waals surface area contributed by atoms with Crippen LogP contribution in [0, 0.1) is 0 Å². The van der Waals surface area contributed by atoms with Crippen LogP contribution in [-0.2, 0) is 14.3 Å². The lowest BCUT2D eigenvalue weighted by Gasteiger charge is -2.20. The Morgan fingerprint density at radius 2 is 0.581 bits per heavy atom. The number of allylic oxidation sites excluding steroid dienone is 5. The van der Waals surface area contributed by atoms with Gasteiger partial charge in [-0.25, -0.2) is 0 Å². The lowest BCUT2D eigenvalue weighted by atomic mass is 10.0. The lowest BCUT2D eigenvalue weighted by molar-refractivity contribution is -0.143. The van der Waals surface area contributed by atoms with E-state index in [4.69, 9.17) is 4.74 Å². The van der Waals surface area contributed by atoms with E-state index in [1.165, 1.54) is 366 Å². The van der Waals surface area contributed by atoms with Crippen LogP contribution >= 0.6 is 0 Å². The maximum absolute atomic E-state index is 12.5. The van der Waals surface area contributed by atoms with Crippen LogP contribution in [0.15, 0.2) is 36.5 Å². The fourth-order valence-corrected chi connectivity index (χ4v) is 12.4. The summed E-state index contributed by atoms with van der Waals surface area (Å²) in [5, 5.41) is 23.2. The second kappa shape index (κ2) is 75.5. The van der Waals surface area contributed by atoms with Crippen molar-refractivity contribution in [3.63, 3.8) is 0 Å². The molecular weight excluding hydrogens is 1050 g/mol. The number of nitrogens with one attached hydrogen (secondary N) is 1. The molecule has 0 aliphatic carbocycles. The van der Waals surface area contributed by atoms with E-state index in [1.54, 1.807) is 6.08 Å². The molecule has 0 saturated heterocycles. The Hall–Kier alpha value is -1.92. The molecule has 0 saturated carbocycles. The lowest BCUT2D eigenvalue weighted by Crippen LogP contribution is -2.45. The molecule has 2 unspecified atom stereocenters. The van der Waals surface area contributed by atoms with Gasteiger partial charge < -0.3 is 20.3 Å². The second-order valence-corrected chi connectivity index (χ2v) is 27.0. The first-order valence-electron chi connectivity index (χ1n) is 39.3. The van der Waals surface area contributed by atoms with Gasteiger partial charge in [0, 0.05) is 12.8 Å². The topological polar surface area (TPSA) is 95.9 Å². The van der Waals surface area contributed by atoms with E-state index in [1.807, 2.05) is 6.08 Å². The van der Waals surface area contributed by atoms with Gasteiger partial charge in [-0.2, -0.15) is 0 Å². The highest BCUT2D eigenvalue weighted by atomic mass is 16.5. The minimum atomic E-state index is -0.844. The number of aliphatic hydroxyl groups excluding tert-OH is 2. The van der Waals surface area contributed by atoms with Gasteiger partial charge >= 0.3 is 5.97 Å². The van der Waals surface area contributed by atoms with E-state index in [-0.39, 0.29) is 18.5 Å². The zero-order chi connectivity index (χ0) is 62.0. The molecule has 0 aliphatic heterocycles. The molecule has 0 bridgehead atoms. The predicted octanol–water partition coefficient (Wildman–Crippen LogP) is 25.8. The Labute approximate surface area is 538 Å². The van der Waals surface area contributed by atoms with E-state index < -0.39 is 12.1 Å². The van der Waals surface area contributed by atoms with Crippen LogP contribution in [0.3, 0.4) is 0 Å². The number of hydrogen-bond donors (Lipinski definition) is 3. The second-order valence-electron chi connectivity index (χ2n) is 27.0. The van der Waals surface area contributed by atoms with Gasteiger partial charge in [0.1, 0.15) is 0 Å². The van der Waals surface area contributed by atoms with Crippen LogP contribution < -0.4 is 5.32 Å². The van der Waals surface area contributed by atoms with Gasteiger partial charge in [-0.1, -0.05) is 397 Å². The molecule has 1 amide bonds. The highest BCUT2D eigenvalue weighted by Gasteiger charge is 2.18. The number of carbonyl (C=O) groups is 2. The zero-order valence-electron chi connectivity index (χ0n) is 58.3. The zero-order valence-corrected chi connectivity index (χ0v) is 58.3. The van der Waals surface area contributed by atoms with Crippen molar-refractivity contribution in [2.24, 2.45) is 0 Å². The molecule has 3 N–H and O–H groups in total. The predicted molar refractivity (Wildman–Crippen MR) is 379 cm³/mol. The molecule has 0 radical (unpaired) electrons. The highest BCUT2D eigenvalue weighted by Crippen LogP contribution is 2.19. The number of esters is 1. The summed E-state index contributed by atoms with van der Waals surface area (Å²) >= 11 is 0. The van der Waals surface area contributed by atoms with Crippen LogP contribution in [0.4, 0.5) is 0 Å². The summed E-state index contributed by atoms with van der Waals surface area (Å²) in [5.74, 6) is -0.0434. The van der Waals surface area contributed by atoms with Crippen LogP contribution in [0.2, 0.25) is 0 Å². The summed E-state index contributed by atoms with van der Waals surface area (Å²) in [6.07, 6.45) is 98.3. The van der Waals surface area contributed by atoms with Crippen molar-refractivity contribution in [1.29, 1.82) is 0 Å². The Morgan fingerprint density at radius 3 is 0.884 bits per heavy atom. The molecule has 0 aromatic carbocycles. The van der Waals surface area contributed by atoms with Gasteiger partial charge in [0.15, 0.2) is 0 Å². The van der Waals surface area contributed by atoms with Crippen LogP contribution in [-0.4, -0.2) is 47.4 Å². The van der Waals surface area contributed by atoms with Gasteiger partial charge in [-0.05, 0) is 64.2 Å². The molecular formula is C80H153NO5.